The van der Waals surface area contributed by atoms with Crippen LogP contribution in [0.1, 0.15) is 13.3 Å². The quantitative estimate of drug-likeness (QED) is 0.786. The summed E-state index contributed by atoms with van der Waals surface area (Å²) >= 11 is 0. The largest absolute Gasteiger partial charge is 0.329 e. The lowest BCUT2D eigenvalue weighted by Crippen LogP contribution is -2.51. The number of carbonyl (C=O) groups excluding carboxylic acids is 2. The number of anilines is 1. The summed E-state index contributed by atoms with van der Waals surface area (Å²) < 4.78 is 1.74. The average Bonchev–Trinajstić information content (AvgIpc) is 2.70. The van der Waals surface area contributed by atoms with Crippen LogP contribution in [0.5, 0.6) is 0 Å². The Hall–Kier alpha value is -2.63. The number of rotatable bonds is 1. The lowest BCUT2D eigenvalue weighted by Gasteiger charge is -2.24. The van der Waals surface area contributed by atoms with Crippen LogP contribution in [-0.4, -0.2) is 28.3 Å². The Morgan fingerprint density at radius 3 is 2.81 bits per heavy atom. The summed E-state index contributed by atoms with van der Waals surface area (Å²) in [6.07, 6.45) is 10.2. The zero-order valence-corrected chi connectivity index (χ0v) is 12.0. The molecule has 0 radical (unpaired) electrons. The third-order valence-electron chi connectivity index (χ3n) is 3.55. The van der Waals surface area contributed by atoms with Crippen LogP contribution in [0.25, 0.3) is 12.2 Å². The van der Waals surface area contributed by atoms with Gasteiger partial charge in [-0.05, 0) is 19.1 Å². The number of allylic oxidation sites excluding steroid dienone is 4. The third-order valence-corrected chi connectivity index (χ3v) is 3.55. The van der Waals surface area contributed by atoms with Gasteiger partial charge in [-0.2, -0.15) is 5.10 Å². The van der Waals surface area contributed by atoms with Crippen molar-refractivity contribution in [3.8, 4) is 0 Å². The molecule has 1 aromatic rings. The Labute approximate surface area is 121 Å². The summed E-state index contributed by atoms with van der Waals surface area (Å²) in [5, 5.41) is 8.57. The fourth-order valence-electron chi connectivity index (χ4n) is 2.42. The van der Waals surface area contributed by atoms with Crippen molar-refractivity contribution in [1.29, 1.82) is 0 Å². The SMILES string of the molecule is CC1=C\C=c2/c(c(N3CCC(=O)NC3=O)nn2C)=C/C=C\1. The van der Waals surface area contributed by atoms with Gasteiger partial charge in [-0.3, -0.25) is 19.7 Å². The number of hydrogen-bond acceptors (Lipinski definition) is 3. The summed E-state index contributed by atoms with van der Waals surface area (Å²) in [5.74, 6) is 0.329. The molecule has 21 heavy (non-hydrogen) atoms. The highest BCUT2D eigenvalue weighted by atomic mass is 16.2. The minimum absolute atomic E-state index is 0.246. The molecule has 0 aromatic carbocycles. The van der Waals surface area contributed by atoms with Gasteiger partial charge in [0.05, 0.1) is 5.35 Å². The van der Waals surface area contributed by atoms with Gasteiger partial charge in [-0.1, -0.05) is 23.8 Å². The number of aryl methyl sites for hydroxylation is 1. The topological polar surface area (TPSA) is 67.2 Å². The second-order valence-corrected chi connectivity index (χ2v) is 5.10. The molecule has 0 bridgehead atoms. The van der Waals surface area contributed by atoms with Gasteiger partial charge in [0.25, 0.3) is 0 Å². The highest BCUT2D eigenvalue weighted by Crippen LogP contribution is 2.09. The van der Waals surface area contributed by atoms with E-state index in [9.17, 15) is 9.59 Å². The second-order valence-electron chi connectivity index (χ2n) is 5.10. The molecule has 6 heteroatoms. The number of aromatic nitrogens is 2. The molecule has 3 rings (SSSR count). The van der Waals surface area contributed by atoms with E-state index in [1.54, 1.807) is 4.68 Å². The molecule has 0 unspecified atom stereocenters. The van der Waals surface area contributed by atoms with E-state index in [0.717, 1.165) is 16.1 Å². The second kappa shape index (κ2) is 5.05. The highest BCUT2D eigenvalue weighted by Gasteiger charge is 2.27. The van der Waals surface area contributed by atoms with Crippen molar-refractivity contribution in [2.75, 3.05) is 11.4 Å². The van der Waals surface area contributed by atoms with Gasteiger partial charge in [0.15, 0.2) is 5.82 Å². The molecule has 0 spiro atoms. The molecule has 0 saturated carbocycles. The van der Waals surface area contributed by atoms with Crippen molar-refractivity contribution in [2.24, 2.45) is 7.05 Å². The molecule has 1 aliphatic carbocycles. The van der Waals surface area contributed by atoms with Gasteiger partial charge >= 0.3 is 6.03 Å². The minimum atomic E-state index is -0.418. The molecule has 1 saturated heterocycles. The molecule has 0 atom stereocenters. The molecule has 3 amide bonds. The number of imide groups is 1. The van der Waals surface area contributed by atoms with Crippen molar-refractivity contribution in [1.82, 2.24) is 15.1 Å². The van der Waals surface area contributed by atoms with Crippen LogP contribution in [0, 0.1) is 0 Å². The van der Waals surface area contributed by atoms with Crippen LogP contribution >= 0.6 is 0 Å². The maximum absolute atomic E-state index is 12.0. The van der Waals surface area contributed by atoms with Crippen LogP contribution < -0.4 is 20.8 Å². The first-order valence-electron chi connectivity index (χ1n) is 6.77. The van der Waals surface area contributed by atoms with Gasteiger partial charge in [-0.15, -0.1) is 0 Å². The Bertz CT molecular complexity index is 798. The van der Waals surface area contributed by atoms with Crippen molar-refractivity contribution in [2.45, 2.75) is 13.3 Å². The fourth-order valence-corrected chi connectivity index (χ4v) is 2.42. The number of nitrogens with zero attached hydrogens (tertiary/aromatic N) is 3. The summed E-state index contributed by atoms with van der Waals surface area (Å²) in [5.41, 5.74) is 1.14. The first kappa shape index (κ1) is 13.4. The first-order chi connectivity index (χ1) is 10.1. The lowest BCUT2D eigenvalue weighted by atomic mass is 10.2. The Kier molecular flexibility index (Phi) is 3.21. The van der Waals surface area contributed by atoms with Gasteiger partial charge < -0.3 is 0 Å². The van der Waals surface area contributed by atoms with E-state index in [0.29, 0.717) is 12.4 Å². The maximum atomic E-state index is 12.0. The number of carbonyl (C=O) groups is 2. The van der Waals surface area contributed by atoms with E-state index in [2.05, 4.69) is 10.4 Å². The number of nitrogens with one attached hydrogen (secondary N) is 1. The van der Waals surface area contributed by atoms with Crippen molar-refractivity contribution in [3.05, 3.63) is 34.4 Å². The predicted molar refractivity (Wildman–Crippen MR) is 79.8 cm³/mol. The number of urea groups is 1. The molecular weight excluding hydrogens is 268 g/mol. The standard InChI is InChI=1S/C15H16N4O2/c1-10-4-3-5-11-12(7-6-10)18(2)17-14(11)19-9-8-13(20)16-15(19)21/h3-7H,8-9H2,1-2H3,(H,16,20,21)/b4-3-,5-3?,7-6?,10-4?,10-6+,11-5-,12-7+. The molecule has 1 aliphatic heterocycles. The van der Waals surface area contributed by atoms with E-state index in [-0.39, 0.29) is 12.3 Å². The van der Waals surface area contributed by atoms with Crippen molar-refractivity contribution < 1.29 is 9.59 Å². The van der Waals surface area contributed by atoms with Gasteiger partial charge in [0, 0.05) is 25.2 Å². The number of amides is 3. The van der Waals surface area contributed by atoms with Crippen LogP contribution in [0.3, 0.4) is 0 Å². The zero-order chi connectivity index (χ0) is 15.0. The highest BCUT2D eigenvalue weighted by molar-refractivity contribution is 6.05. The maximum Gasteiger partial charge on any atom is 0.329 e. The van der Waals surface area contributed by atoms with E-state index in [4.69, 9.17) is 0 Å². The van der Waals surface area contributed by atoms with Crippen LogP contribution in [0.2, 0.25) is 0 Å². The fraction of sp³-hybridized carbons (Fsp3) is 0.267. The molecule has 1 aromatic heterocycles. The molecule has 1 N–H and O–H groups in total. The third kappa shape index (κ3) is 2.40. The van der Waals surface area contributed by atoms with E-state index >= 15 is 0 Å². The Balaban J connectivity index is 2.15. The molecule has 6 nitrogen and oxygen atoms in total. The molecule has 2 heterocycles. The molecule has 108 valence electrons. The van der Waals surface area contributed by atoms with Gasteiger partial charge in [0.2, 0.25) is 5.91 Å². The van der Waals surface area contributed by atoms with Crippen LogP contribution in [0.4, 0.5) is 10.6 Å². The Morgan fingerprint density at radius 2 is 2.05 bits per heavy atom. The summed E-state index contributed by atoms with van der Waals surface area (Å²) in [7, 11) is 1.84. The molecule has 1 fully saturated rings. The van der Waals surface area contributed by atoms with E-state index in [1.807, 2.05) is 44.4 Å². The van der Waals surface area contributed by atoms with E-state index < -0.39 is 6.03 Å². The zero-order valence-electron chi connectivity index (χ0n) is 12.0. The minimum Gasteiger partial charge on any atom is -0.278 e. The van der Waals surface area contributed by atoms with Gasteiger partial charge in [-0.25, -0.2) is 4.79 Å². The summed E-state index contributed by atoms with van der Waals surface area (Å²) in [6, 6.07) is -0.418. The van der Waals surface area contributed by atoms with Gasteiger partial charge in [0.1, 0.15) is 0 Å². The smallest absolute Gasteiger partial charge is 0.278 e. The monoisotopic (exact) mass is 284 g/mol. The lowest BCUT2D eigenvalue weighted by molar-refractivity contribution is -0.120. The molecule has 2 aliphatic rings. The van der Waals surface area contributed by atoms with Crippen LogP contribution in [0.15, 0.2) is 23.8 Å². The average molecular weight is 284 g/mol. The van der Waals surface area contributed by atoms with E-state index in [1.165, 1.54) is 4.90 Å². The Morgan fingerprint density at radius 1 is 1.24 bits per heavy atom. The first-order valence-corrected chi connectivity index (χ1v) is 6.77. The van der Waals surface area contributed by atoms with Crippen molar-refractivity contribution >= 4 is 29.9 Å². The number of fused-ring (bicyclic) bond motifs is 1. The van der Waals surface area contributed by atoms with Crippen molar-refractivity contribution in [3.63, 3.8) is 0 Å². The normalized spacial score (nSPS) is 25.2. The summed E-state index contributed by atoms with van der Waals surface area (Å²) in [6.45, 7) is 2.37. The predicted octanol–water partition coefficient (Wildman–Crippen LogP) is -0.0565. The number of hydrogen-bond donors (Lipinski definition) is 1. The van der Waals surface area contributed by atoms with Crippen LogP contribution in [-0.2, 0) is 11.8 Å². The summed E-state index contributed by atoms with van der Waals surface area (Å²) in [4.78, 5) is 24.8. The molecular formula is C15H16N4O2.